The summed E-state index contributed by atoms with van der Waals surface area (Å²) < 4.78 is 0. The first kappa shape index (κ1) is 16.5. The molecule has 0 saturated heterocycles. The molecule has 0 aliphatic rings. The first-order chi connectivity index (χ1) is 10.4. The SMILES string of the molecule is CC(C)c1ccc(S[C@H](C)c2nc(N)nc(N(C)C)n2)cc1. The fourth-order valence-electron chi connectivity index (χ4n) is 1.97. The second kappa shape index (κ2) is 6.96. The summed E-state index contributed by atoms with van der Waals surface area (Å²) in [6.07, 6.45) is 0. The molecule has 6 heteroatoms. The van der Waals surface area contributed by atoms with Crippen molar-refractivity contribution in [2.24, 2.45) is 0 Å². The first-order valence-corrected chi connectivity index (χ1v) is 8.20. The molecule has 0 amide bonds. The Morgan fingerprint density at radius 2 is 1.64 bits per heavy atom. The normalized spacial score (nSPS) is 12.5. The van der Waals surface area contributed by atoms with Crippen molar-refractivity contribution in [1.82, 2.24) is 15.0 Å². The summed E-state index contributed by atoms with van der Waals surface area (Å²) >= 11 is 1.72. The first-order valence-electron chi connectivity index (χ1n) is 7.32. The highest BCUT2D eigenvalue weighted by atomic mass is 32.2. The predicted octanol–water partition coefficient (Wildman–Crippen LogP) is 3.50. The molecule has 0 fully saturated rings. The molecule has 0 aliphatic carbocycles. The van der Waals surface area contributed by atoms with E-state index in [0.717, 1.165) is 0 Å². The fraction of sp³-hybridized carbons (Fsp3) is 0.438. The van der Waals surface area contributed by atoms with E-state index in [1.807, 2.05) is 19.0 Å². The van der Waals surface area contributed by atoms with Gasteiger partial charge in [0.15, 0.2) is 0 Å². The number of hydrogen-bond acceptors (Lipinski definition) is 6. The highest BCUT2D eigenvalue weighted by Crippen LogP contribution is 2.34. The molecule has 1 aromatic heterocycles. The minimum Gasteiger partial charge on any atom is -0.368 e. The van der Waals surface area contributed by atoms with Gasteiger partial charge in [-0.15, -0.1) is 11.8 Å². The van der Waals surface area contributed by atoms with E-state index in [9.17, 15) is 0 Å². The Kier molecular flexibility index (Phi) is 5.24. The van der Waals surface area contributed by atoms with Crippen LogP contribution in [0.2, 0.25) is 0 Å². The molecule has 1 aromatic carbocycles. The maximum absolute atomic E-state index is 5.78. The highest BCUT2D eigenvalue weighted by molar-refractivity contribution is 7.99. The fourth-order valence-corrected chi connectivity index (χ4v) is 2.88. The van der Waals surface area contributed by atoms with Crippen molar-refractivity contribution in [3.8, 4) is 0 Å². The Bertz CT molecular complexity index is 625. The van der Waals surface area contributed by atoms with E-state index >= 15 is 0 Å². The van der Waals surface area contributed by atoms with Gasteiger partial charge in [0.25, 0.3) is 0 Å². The number of hydrogen-bond donors (Lipinski definition) is 1. The summed E-state index contributed by atoms with van der Waals surface area (Å²) in [6.45, 7) is 6.47. The van der Waals surface area contributed by atoms with Crippen molar-refractivity contribution in [3.63, 3.8) is 0 Å². The van der Waals surface area contributed by atoms with Crippen LogP contribution in [0.3, 0.4) is 0 Å². The number of nitrogens with zero attached hydrogens (tertiary/aromatic N) is 4. The van der Waals surface area contributed by atoms with Crippen LogP contribution in [0, 0.1) is 0 Å². The van der Waals surface area contributed by atoms with Crippen LogP contribution in [-0.4, -0.2) is 29.0 Å². The largest absolute Gasteiger partial charge is 0.368 e. The predicted molar refractivity (Wildman–Crippen MR) is 93.4 cm³/mol. The number of nitrogen functional groups attached to an aromatic ring is 1. The molecule has 1 atom stereocenters. The lowest BCUT2D eigenvalue weighted by molar-refractivity contribution is 0.861. The molecule has 5 nitrogen and oxygen atoms in total. The van der Waals surface area contributed by atoms with Gasteiger partial charge in [0, 0.05) is 19.0 Å². The zero-order valence-electron chi connectivity index (χ0n) is 13.7. The summed E-state index contributed by atoms with van der Waals surface area (Å²) in [5.41, 5.74) is 7.13. The molecular formula is C16H23N5S. The Morgan fingerprint density at radius 1 is 1.00 bits per heavy atom. The number of aromatic nitrogens is 3. The van der Waals surface area contributed by atoms with Crippen LogP contribution >= 0.6 is 11.8 Å². The van der Waals surface area contributed by atoms with Crippen LogP contribution in [0.1, 0.15) is 43.3 Å². The number of nitrogens with two attached hydrogens (primary N) is 1. The summed E-state index contributed by atoms with van der Waals surface area (Å²) in [5, 5.41) is 0.105. The monoisotopic (exact) mass is 317 g/mol. The summed E-state index contributed by atoms with van der Waals surface area (Å²) in [7, 11) is 3.78. The average molecular weight is 317 g/mol. The summed E-state index contributed by atoms with van der Waals surface area (Å²) in [5.74, 6) is 2.10. The smallest absolute Gasteiger partial charge is 0.229 e. The number of rotatable bonds is 5. The van der Waals surface area contributed by atoms with E-state index in [2.05, 4.69) is 60.0 Å². The lowest BCUT2D eigenvalue weighted by atomic mass is 10.0. The molecule has 2 N–H and O–H groups in total. The summed E-state index contributed by atoms with van der Waals surface area (Å²) in [4.78, 5) is 15.9. The van der Waals surface area contributed by atoms with Crippen molar-refractivity contribution in [2.75, 3.05) is 24.7 Å². The van der Waals surface area contributed by atoms with Crippen molar-refractivity contribution < 1.29 is 0 Å². The molecule has 0 radical (unpaired) electrons. The van der Waals surface area contributed by atoms with Crippen molar-refractivity contribution in [2.45, 2.75) is 36.8 Å². The summed E-state index contributed by atoms with van der Waals surface area (Å²) in [6, 6.07) is 8.64. The topological polar surface area (TPSA) is 67.9 Å². The van der Waals surface area contributed by atoms with Gasteiger partial charge >= 0.3 is 0 Å². The van der Waals surface area contributed by atoms with Crippen LogP contribution in [0.4, 0.5) is 11.9 Å². The number of anilines is 2. The molecule has 0 spiro atoms. The zero-order valence-corrected chi connectivity index (χ0v) is 14.6. The van der Waals surface area contributed by atoms with E-state index in [-0.39, 0.29) is 11.2 Å². The van der Waals surface area contributed by atoms with Gasteiger partial charge < -0.3 is 10.6 Å². The molecule has 0 bridgehead atoms. The van der Waals surface area contributed by atoms with E-state index in [1.54, 1.807) is 11.8 Å². The molecule has 0 saturated carbocycles. The van der Waals surface area contributed by atoms with Gasteiger partial charge in [0.1, 0.15) is 5.82 Å². The Morgan fingerprint density at radius 3 is 2.18 bits per heavy atom. The van der Waals surface area contributed by atoms with Crippen molar-refractivity contribution in [1.29, 1.82) is 0 Å². The average Bonchev–Trinajstić information content (AvgIpc) is 2.47. The third kappa shape index (κ3) is 4.10. The Labute approximate surface area is 136 Å². The lowest BCUT2D eigenvalue weighted by Gasteiger charge is -2.15. The van der Waals surface area contributed by atoms with Gasteiger partial charge in [0.2, 0.25) is 11.9 Å². The van der Waals surface area contributed by atoms with Gasteiger partial charge in [-0.25, -0.2) is 0 Å². The molecule has 22 heavy (non-hydrogen) atoms. The third-order valence-electron chi connectivity index (χ3n) is 3.28. The van der Waals surface area contributed by atoms with E-state index in [4.69, 9.17) is 5.73 Å². The van der Waals surface area contributed by atoms with E-state index < -0.39 is 0 Å². The molecule has 0 aliphatic heterocycles. The quantitative estimate of drug-likeness (QED) is 0.851. The Hall–Kier alpha value is -1.82. The van der Waals surface area contributed by atoms with Gasteiger partial charge in [0.05, 0.1) is 5.25 Å². The van der Waals surface area contributed by atoms with Crippen LogP contribution in [-0.2, 0) is 0 Å². The minimum atomic E-state index is 0.105. The van der Waals surface area contributed by atoms with E-state index in [0.29, 0.717) is 17.7 Å². The Balaban J connectivity index is 2.16. The van der Waals surface area contributed by atoms with E-state index in [1.165, 1.54) is 10.5 Å². The maximum Gasteiger partial charge on any atom is 0.229 e. The van der Waals surface area contributed by atoms with Crippen LogP contribution in [0.5, 0.6) is 0 Å². The third-order valence-corrected chi connectivity index (χ3v) is 4.39. The number of benzene rings is 1. The number of thioether (sulfide) groups is 1. The minimum absolute atomic E-state index is 0.105. The molecule has 2 rings (SSSR count). The zero-order chi connectivity index (χ0) is 16.3. The van der Waals surface area contributed by atoms with Gasteiger partial charge in [-0.3, -0.25) is 0 Å². The molecular weight excluding hydrogens is 294 g/mol. The molecule has 2 aromatic rings. The maximum atomic E-state index is 5.78. The van der Waals surface area contributed by atoms with Crippen molar-refractivity contribution >= 4 is 23.7 Å². The van der Waals surface area contributed by atoms with Gasteiger partial charge in [-0.1, -0.05) is 26.0 Å². The van der Waals surface area contributed by atoms with Crippen LogP contribution in [0.25, 0.3) is 0 Å². The second-order valence-electron chi connectivity index (χ2n) is 5.73. The highest BCUT2D eigenvalue weighted by Gasteiger charge is 2.14. The van der Waals surface area contributed by atoms with Crippen molar-refractivity contribution in [3.05, 3.63) is 35.7 Å². The van der Waals surface area contributed by atoms with Gasteiger partial charge in [-0.2, -0.15) is 15.0 Å². The molecule has 118 valence electrons. The van der Waals surface area contributed by atoms with Crippen LogP contribution < -0.4 is 10.6 Å². The van der Waals surface area contributed by atoms with Gasteiger partial charge in [-0.05, 0) is 30.5 Å². The lowest BCUT2D eigenvalue weighted by Crippen LogP contribution is -2.16. The van der Waals surface area contributed by atoms with Crippen LogP contribution in [0.15, 0.2) is 29.2 Å². The second-order valence-corrected chi connectivity index (χ2v) is 7.14. The standard InChI is InChI=1S/C16H23N5S/c1-10(2)12-6-8-13(9-7-12)22-11(3)14-18-15(17)20-16(19-14)21(4)5/h6-11H,1-5H3,(H2,17,18,19,20)/t11-/m1/s1. The molecule has 0 unspecified atom stereocenters. The molecule has 1 heterocycles.